The summed E-state index contributed by atoms with van der Waals surface area (Å²) >= 11 is 0. The Bertz CT molecular complexity index is 1270. The number of hydrogen-bond acceptors (Lipinski definition) is 4. The summed E-state index contributed by atoms with van der Waals surface area (Å²) < 4.78 is 38.4. The van der Waals surface area contributed by atoms with Crippen molar-refractivity contribution < 1.29 is 17.6 Å². The van der Waals surface area contributed by atoms with Crippen LogP contribution in [0.4, 0.5) is 21.5 Å². The van der Waals surface area contributed by atoms with E-state index < -0.39 is 10.0 Å². The highest BCUT2D eigenvalue weighted by Gasteiger charge is 2.24. The van der Waals surface area contributed by atoms with Gasteiger partial charge in [-0.1, -0.05) is 18.2 Å². The molecule has 0 radical (unpaired) electrons. The van der Waals surface area contributed by atoms with E-state index in [1.54, 1.807) is 6.07 Å². The zero-order chi connectivity index (χ0) is 22.9. The lowest BCUT2D eigenvalue weighted by Crippen LogP contribution is -2.35. The number of amides is 1. The number of anilines is 3. The lowest BCUT2D eigenvalue weighted by Gasteiger charge is -2.28. The number of carbonyl (C=O) groups excluding carboxylic acids is 1. The largest absolute Gasteiger partial charge is 0.355 e. The average molecular weight is 454 g/mol. The van der Waals surface area contributed by atoms with E-state index in [2.05, 4.69) is 10.6 Å². The molecule has 32 heavy (non-hydrogen) atoms. The van der Waals surface area contributed by atoms with Crippen molar-refractivity contribution >= 4 is 33.0 Å². The minimum Gasteiger partial charge on any atom is -0.355 e. The first kappa shape index (κ1) is 22.0. The van der Waals surface area contributed by atoms with Crippen LogP contribution in [0.1, 0.15) is 27.0 Å². The van der Waals surface area contributed by atoms with Crippen LogP contribution in [-0.2, 0) is 23.0 Å². The number of benzene rings is 3. The second-order valence-electron chi connectivity index (χ2n) is 7.91. The third-order valence-electron chi connectivity index (χ3n) is 5.56. The van der Waals surface area contributed by atoms with Crippen LogP contribution in [0.3, 0.4) is 0 Å². The molecular formula is C24H24FN3O3S. The first-order valence-corrected chi connectivity index (χ1v) is 12.1. The molecule has 0 aliphatic carbocycles. The van der Waals surface area contributed by atoms with Crippen LogP contribution >= 0.6 is 0 Å². The van der Waals surface area contributed by atoms with E-state index >= 15 is 0 Å². The molecule has 0 saturated heterocycles. The average Bonchev–Trinajstić information content (AvgIpc) is 2.76. The SMILES string of the molecule is Cc1ccc(Nc2cccc3c2CCN(S(C)(=O)=O)C3)cc1C(=O)Nc1ccc(F)cc1. The van der Waals surface area contributed by atoms with Gasteiger partial charge >= 0.3 is 0 Å². The molecule has 0 atom stereocenters. The Morgan fingerprint density at radius 2 is 1.75 bits per heavy atom. The van der Waals surface area contributed by atoms with Crippen LogP contribution in [0.15, 0.2) is 60.7 Å². The second-order valence-corrected chi connectivity index (χ2v) is 9.89. The van der Waals surface area contributed by atoms with Crippen molar-refractivity contribution in [2.45, 2.75) is 19.9 Å². The van der Waals surface area contributed by atoms with E-state index in [0.717, 1.165) is 28.1 Å². The third-order valence-corrected chi connectivity index (χ3v) is 6.81. The maximum atomic E-state index is 13.1. The zero-order valence-electron chi connectivity index (χ0n) is 17.9. The predicted octanol–water partition coefficient (Wildman–Crippen LogP) is 4.45. The zero-order valence-corrected chi connectivity index (χ0v) is 18.7. The molecule has 0 bridgehead atoms. The Hall–Kier alpha value is -3.23. The van der Waals surface area contributed by atoms with Gasteiger partial charge in [-0.2, -0.15) is 4.31 Å². The first-order chi connectivity index (χ1) is 15.2. The maximum absolute atomic E-state index is 13.1. The van der Waals surface area contributed by atoms with Crippen molar-refractivity contribution in [1.29, 1.82) is 0 Å². The molecule has 2 N–H and O–H groups in total. The van der Waals surface area contributed by atoms with Gasteiger partial charge in [-0.15, -0.1) is 0 Å². The number of sulfonamides is 1. The Labute approximate surface area is 187 Å². The summed E-state index contributed by atoms with van der Waals surface area (Å²) in [7, 11) is -3.24. The Kier molecular flexibility index (Phi) is 5.99. The van der Waals surface area contributed by atoms with Gasteiger partial charge in [0.25, 0.3) is 5.91 Å². The number of fused-ring (bicyclic) bond motifs is 1. The fourth-order valence-corrected chi connectivity index (χ4v) is 4.61. The minimum atomic E-state index is -3.24. The summed E-state index contributed by atoms with van der Waals surface area (Å²) in [4.78, 5) is 12.8. The monoisotopic (exact) mass is 453 g/mol. The maximum Gasteiger partial charge on any atom is 0.256 e. The van der Waals surface area contributed by atoms with E-state index in [4.69, 9.17) is 0 Å². The molecule has 1 aliphatic rings. The third kappa shape index (κ3) is 4.81. The molecule has 0 aromatic heterocycles. The fraction of sp³-hybridized carbons (Fsp3) is 0.208. The summed E-state index contributed by atoms with van der Waals surface area (Å²) in [5.41, 5.74) is 5.52. The summed E-state index contributed by atoms with van der Waals surface area (Å²) in [6, 6.07) is 16.9. The molecule has 0 saturated carbocycles. The van der Waals surface area contributed by atoms with E-state index in [0.29, 0.717) is 30.8 Å². The van der Waals surface area contributed by atoms with Crippen LogP contribution in [0.25, 0.3) is 0 Å². The summed E-state index contributed by atoms with van der Waals surface area (Å²) in [6.07, 6.45) is 1.83. The number of carbonyl (C=O) groups is 1. The van der Waals surface area contributed by atoms with Gasteiger partial charge in [-0.25, -0.2) is 12.8 Å². The Morgan fingerprint density at radius 1 is 1.03 bits per heavy atom. The highest BCUT2D eigenvalue weighted by Crippen LogP contribution is 2.30. The van der Waals surface area contributed by atoms with E-state index in [-0.39, 0.29) is 11.7 Å². The van der Waals surface area contributed by atoms with Gasteiger partial charge in [0.1, 0.15) is 5.82 Å². The number of rotatable bonds is 5. The van der Waals surface area contributed by atoms with Crippen LogP contribution in [0.5, 0.6) is 0 Å². The van der Waals surface area contributed by atoms with Gasteiger partial charge in [-0.3, -0.25) is 4.79 Å². The summed E-state index contributed by atoms with van der Waals surface area (Å²) in [6.45, 7) is 2.64. The molecule has 166 valence electrons. The van der Waals surface area contributed by atoms with Crippen LogP contribution in [0.2, 0.25) is 0 Å². The summed E-state index contributed by atoms with van der Waals surface area (Å²) in [5.74, 6) is -0.645. The van der Waals surface area contributed by atoms with E-state index in [9.17, 15) is 17.6 Å². The molecule has 3 aromatic carbocycles. The number of nitrogens with one attached hydrogen (secondary N) is 2. The number of halogens is 1. The predicted molar refractivity (Wildman–Crippen MR) is 124 cm³/mol. The highest BCUT2D eigenvalue weighted by molar-refractivity contribution is 7.88. The molecular weight excluding hydrogens is 429 g/mol. The molecule has 6 nitrogen and oxygen atoms in total. The lowest BCUT2D eigenvalue weighted by atomic mass is 9.98. The molecule has 0 fully saturated rings. The van der Waals surface area contributed by atoms with Gasteiger partial charge in [0.05, 0.1) is 6.26 Å². The fourth-order valence-electron chi connectivity index (χ4n) is 3.82. The van der Waals surface area contributed by atoms with Crippen LogP contribution in [-0.4, -0.2) is 31.4 Å². The van der Waals surface area contributed by atoms with Gasteiger partial charge in [0, 0.05) is 35.7 Å². The lowest BCUT2D eigenvalue weighted by molar-refractivity contribution is 0.102. The molecule has 1 aliphatic heterocycles. The van der Waals surface area contributed by atoms with E-state index in [1.807, 2.05) is 37.3 Å². The highest BCUT2D eigenvalue weighted by atomic mass is 32.2. The molecule has 0 spiro atoms. The molecule has 1 heterocycles. The standard InChI is InChI=1S/C24H24FN3O3S/c1-16-6-9-20(14-22(16)24(29)27-19-10-7-18(25)8-11-19)26-23-5-3-4-17-15-28(32(2,30)31)13-12-21(17)23/h3-11,14,26H,12-13,15H2,1-2H3,(H,27,29). The molecule has 4 rings (SSSR count). The smallest absolute Gasteiger partial charge is 0.256 e. The van der Waals surface area contributed by atoms with Crippen molar-refractivity contribution in [1.82, 2.24) is 4.31 Å². The van der Waals surface area contributed by atoms with Gasteiger partial charge < -0.3 is 10.6 Å². The Balaban J connectivity index is 1.56. The van der Waals surface area contributed by atoms with E-state index in [1.165, 1.54) is 34.8 Å². The van der Waals surface area contributed by atoms with Crippen molar-refractivity contribution in [2.75, 3.05) is 23.4 Å². The molecule has 3 aromatic rings. The van der Waals surface area contributed by atoms with Crippen LogP contribution < -0.4 is 10.6 Å². The number of hydrogen-bond donors (Lipinski definition) is 2. The van der Waals surface area contributed by atoms with Crippen molar-refractivity contribution in [3.05, 3.63) is 88.7 Å². The number of nitrogens with zero attached hydrogens (tertiary/aromatic N) is 1. The van der Waals surface area contributed by atoms with Crippen molar-refractivity contribution in [3.63, 3.8) is 0 Å². The van der Waals surface area contributed by atoms with Crippen LogP contribution in [0, 0.1) is 12.7 Å². The van der Waals surface area contributed by atoms with Crippen molar-refractivity contribution in [3.8, 4) is 0 Å². The summed E-state index contributed by atoms with van der Waals surface area (Å²) in [5, 5.41) is 6.17. The topological polar surface area (TPSA) is 78.5 Å². The molecule has 1 amide bonds. The second kappa shape index (κ2) is 8.72. The first-order valence-electron chi connectivity index (χ1n) is 10.2. The molecule has 0 unspecified atom stereocenters. The number of aryl methyl sites for hydroxylation is 1. The quantitative estimate of drug-likeness (QED) is 0.598. The van der Waals surface area contributed by atoms with Gasteiger partial charge in [0.2, 0.25) is 10.0 Å². The normalized spacial score (nSPS) is 14.0. The molecule has 8 heteroatoms. The van der Waals surface area contributed by atoms with Gasteiger partial charge in [0.15, 0.2) is 0 Å². The van der Waals surface area contributed by atoms with Gasteiger partial charge in [-0.05, 0) is 72.5 Å². The minimum absolute atomic E-state index is 0.281. The van der Waals surface area contributed by atoms with Crippen molar-refractivity contribution in [2.24, 2.45) is 0 Å². The Morgan fingerprint density at radius 3 is 2.47 bits per heavy atom.